The molecule has 2 aliphatic rings. The summed E-state index contributed by atoms with van der Waals surface area (Å²) in [6.07, 6.45) is 1.63. The van der Waals surface area contributed by atoms with Crippen LogP contribution in [0.3, 0.4) is 0 Å². The summed E-state index contributed by atoms with van der Waals surface area (Å²) in [6.45, 7) is -0.363. The van der Waals surface area contributed by atoms with Gasteiger partial charge in [-0.15, -0.1) is 12.4 Å². The van der Waals surface area contributed by atoms with Gasteiger partial charge < -0.3 is 9.84 Å². The Morgan fingerprint density at radius 2 is 2.25 bits per heavy atom. The van der Waals surface area contributed by atoms with Crippen LogP contribution in [0.4, 0.5) is 8.78 Å². The van der Waals surface area contributed by atoms with Gasteiger partial charge in [-0.3, -0.25) is 10.1 Å². The van der Waals surface area contributed by atoms with Crippen molar-refractivity contribution in [3.05, 3.63) is 11.7 Å². The molecule has 0 radical (unpaired) electrons. The molecule has 1 aliphatic carbocycles. The van der Waals surface area contributed by atoms with Crippen molar-refractivity contribution in [1.29, 1.82) is 0 Å². The number of carbonyl (C=O) groups is 1. The van der Waals surface area contributed by atoms with Crippen LogP contribution in [-0.2, 0) is 11.3 Å². The first-order valence-electron chi connectivity index (χ1n) is 6.25. The standard InChI is InChI=1S/C11H14F2N4O2.ClH/c12-11(13)3-7(15-5-11)9(18)14-4-8-16-10(19-17-8)6-1-2-6;/h6-7,15H,1-5H2,(H,14,18);1H. The van der Waals surface area contributed by atoms with Gasteiger partial charge in [0.15, 0.2) is 5.82 Å². The molecule has 0 spiro atoms. The van der Waals surface area contributed by atoms with E-state index in [0.717, 1.165) is 12.8 Å². The molecule has 20 heavy (non-hydrogen) atoms. The van der Waals surface area contributed by atoms with E-state index in [1.54, 1.807) is 0 Å². The number of halogens is 3. The summed E-state index contributed by atoms with van der Waals surface area (Å²) >= 11 is 0. The minimum Gasteiger partial charge on any atom is -0.347 e. The van der Waals surface area contributed by atoms with Gasteiger partial charge in [-0.05, 0) is 12.8 Å². The Morgan fingerprint density at radius 3 is 2.85 bits per heavy atom. The van der Waals surface area contributed by atoms with Gasteiger partial charge in [0.1, 0.15) is 0 Å². The SMILES string of the molecule is Cl.O=C(NCc1noc(C2CC2)n1)C1CC(F)(F)CN1. The van der Waals surface area contributed by atoms with Crippen molar-refractivity contribution in [2.24, 2.45) is 0 Å². The summed E-state index contributed by atoms with van der Waals surface area (Å²) < 4.78 is 30.9. The first kappa shape index (κ1) is 15.1. The number of amides is 1. The van der Waals surface area contributed by atoms with Crippen LogP contribution >= 0.6 is 12.4 Å². The molecular weight excluding hydrogens is 294 g/mol. The van der Waals surface area contributed by atoms with Crippen molar-refractivity contribution < 1.29 is 18.1 Å². The Kier molecular flexibility index (Phi) is 4.24. The van der Waals surface area contributed by atoms with Crippen molar-refractivity contribution in [3.8, 4) is 0 Å². The molecule has 2 N–H and O–H groups in total. The van der Waals surface area contributed by atoms with Crippen molar-refractivity contribution >= 4 is 18.3 Å². The van der Waals surface area contributed by atoms with Gasteiger partial charge in [0.25, 0.3) is 5.92 Å². The molecule has 2 heterocycles. The Bertz CT molecular complexity index is 493. The van der Waals surface area contributed by atoms with Gasteiger partial charge in [0, 0.05) is 12.3 Å². The Balaban J connectivity index is 0.00000147. The molecule has 1 saturated heterocycles. The van der Waals surface area contributed by atoms with Crippen molar-refractivity contribution in [2.45, 2.75) is 43.7 Å². The molecule has 9 heteroatoms. The molecule has 1 aromatic rings. The average Bonchev–Trinajstić information content (AvgIpc) is 2.99. The van der Waals surface area contributed by atoms with Crippen molar-refractivity contribution in [3.63, 3.8) is 0 Å². The Hall–Kier alpha value is -1.28. The smallest absolute Gasteiger partial charge is 0.262 e. The second-order valence-electron chi connectivity index (χ2n) is 5.03. The minimum absolute atomic E-state index is 0. The molecule has 0 aromatic carbocycles. The maximum Gasteiger partial charge on any atom is 0.262 e. The highest BCUT2D eigenvalue weighted by atomic mass is 35.5. The summed E-state index contributed by atoms with van der Waals surface area (Å²) in [5, 5.41) is 8.76. The number of hydrogen-bond acceptors (Lipinski definition) is 5. The number of nitrogens with zero attached hydrogens (tertiary/aromatic N) is 2. The molecule has 3 rings (SSSR count). The van der Waals surface area contributed by atoms with Gasteiger partial charge in [-0.2, -0.15) is 4.98 Å². The van der Waals surface area contributed by atoms with Crippen LogP contribution < -0.4 is 10.6 Å². The zero-order chi connectivity index (χ0) is 13.5. The molecule has 112 valence electrons. The summed E-state index contributed by atoms with van der Waals surface area (Å²) in [6, 6.07) is -0.857. The molecule has 6 nitrogen and oxygen atoms in total. The number of hydrogen-bond donors (Lipinski definition) is 2. The lowest BCUT2D eigenvalue weighted by atomic mass is 10.2. The molecule has 1 unspecified atom stereocenters. The largest absolute Gasteiger partial charge is 0.347 e. The number of carbonyl (C=O) groups excluding carboxylic acids is 1. The summed E-state index contributed by atoms with van der Waals surface area (Å²) in [4.78, 5) is 15.8. The monoisotopic (exact) mass is 308 g/mol. The predicted octanol–water partition coefficient (Wildman–Crippen LogP) is 0.982. The number of rotatable bonds is 4. The average molecular weight is 309 g/mol. The second-order valence-corrected chi connectivity index (χ2v) is 5.03. The molecule has 1 atom stereocenters. The highest BCUT2D eigenvalue weighted by Gasteiger charge is 2.42. The van der Waals surface area contributed by atoms with Gasteiger partial charge in [-0.1, -0.05) is 5.16 Å². The zero-order valence-corrected chi connectivity index (χ0v) is 11.4. The van der Waals surface area contributed by atoms with Crippen LogP contribution in [0.15, 0.2) is 4.52 Å². The fourth-order valence-corrected chi connectivity index (χ4v) is 2.03. The molecule has 2 fully saturated rings. The van der Waals surface area contributed by atoms with Crippen molar-refractivity contribution in [1.82, 2.24) is 20.8 Å². The van der Waals surface area contributed by atoms with E-state index < -0.39 is 30.8 Å². The molecule has 1 amide bonds. The van der Waals surface area contributed by atoms with E-state index in [4.69, 9.17) is 4.52 Å². The lowest BCUT2D eigenvalue weighted by Gasteiger charge is -2.09. The maximum atomic E-state index is 12.9. The van der Waals surface area contributed by atoms with Gasteiger partial charge in [-0.25, -0.2) is 8.78 Å². The van der Waals surface area contributed by atoms with Gasteiger partial charge >= 0.3 is 0 Å². The van der Waals surface area contributed by atoms with Crippen LogP contribution in [-0.4, -0.2) is 34.6 Å². The second kappa shape index (κ2) is 5.61. The van der Waals surface area contributed by atoms with Crippen LogP contribution in [0, 0.1) is 0 Å². The zero-order valence-electron chi connectivity index (χ0n) is 10.6. The molecule has 1 saturated carbocycles. The van der Waals surface area contributed by atoms with Crippen LogP contribution in [0.5, 0.6) is 0 Å². The van der Waals surface area contributed by atoms with E-state index in [0.29, 0.717) is 17.6 Å². The van der Waals surface area contributed by atoms with E-state index in [9.17, 15) is 13.6 Å². The fraction of sp³-hybridized carbons (Fsp3) is 0.727. The Labute approximate surface area is 120 Å². The topological polar surface area (TPSA) is 80.1 Å². The normalized spacial score (nSPS) is 24.2. The quantitative estimate of drug-likeness (QED) is 0.867. The minimum atomic E-state index is -2.81. The maximum absolute atomic E-state index is 12.9. The van der Waals surface area contributed by atoms with E-state index in [1.165, 1.54) is 0 Å². The molecule has 1 aliphatic heterocycles. The van der Waals surface area contributed by atoms with Crippen LogP contribution in [0.1, 0.15) is 36.9 Å². The third kappa shape index (κ3) is 3.43. The van der Waals surface area contributed by atoms with E-state index in [2.05, 4.69) is 20.8 Å². The lowest BCUT2D eigenvalue weighted by molar-refractivity contribution is -0.123. The van der Waals surface area contributed by atoms with E-state index >= 15 is 0 Å². The summed E-state index contributed by atoms with van der Waals surface area (Å²) in [5.74, 6) is -1.95. The number of aromatic nitrogens is 2. The van der Waals surface area contributed by atoms with Crippen molar-refractivity contribution in [2.75, 3.05) is 6.54 Å². The summed E-state index contributed by atoms with van der Waals surface area (Å²) in [7, 11) is 0. The van der Waals surface area contributed by atoms with Gasteiger partial charge in [0.2, 0.25) is 11.8 Å². The third-order valence-electron chi connectivity index (χ3n) is 3.26. The highest BCUT2D eigenvalue weighted by molar-refractivity contribution is 5.85. The molecular formula is C11H15ClF2N4O2. The highest BCUT2D eigenvalue weighted by Crippen LogP contribution is 2.38. The number of nitrogens with one attached hydrogen (secondary N) is 2. The molecule has 0 bridgehead atoms. The fourth-order valence-electron chi connectivity index (χ4n) is 2.03. The summed E-state index contributed by atoms with van der Waals surface area (Å²) in [5.41, 5.74) is 0. The predicted molar refractivity (Wildman–Crippen MR) is 66.7 cm³/mol. The third-order valence-corrected chi connectivity index (χ3v) is 3.26. The van der Waals surface area contributed by atoms with E-state index in [1.807, 2.05) is 0 Å². The van der Waals surface area contributed by atoms with E-state index in [-0.39, 0.29) is 19.0 Å². The first-order valence-corrected chi connectivity index (χ1v) is 6.25. The van der Waals surface area contributed by atoms with Crippen LogP contribution in [0.25, 0.3) is 0 Å². The number of alkyl halides is 2. The lowest BCUT2D eigenvalue weighted by Crippen LogP contribution is -2.40. The first-order chi connectivity index (χ1) is 9.03. The van der Waals surface area contributed by atoms with Crippen LogP contribution in [0.2, 0.25) is 0 Å². The Morgan fingerprint density at radius 1 is 1.50 bits per heavy atom. The van der Waals surface area contributed by atoms with Gasteiger partial charge in [0.05, 0.1) is 19.1 Å². The molecule has 1 aromatic heterocycles.